The highest BCUT2D eigenvalue weighted by Crippen LogP contribution is 2.21. The zero-order valence-corrected chi connectivity index (χ0v) is 11.4. The molecule has 1 aliphatic carbocycles. The number of nitrogens with zero attached hydrogens (tertiary/aromatic N) is 2. The van der Waals surface area contributed by atoms with Crippen molar-refractivity contribution in [1.29, 1.82) is 5.39 Å². The Morgan fingerprint density at radius 2 is 1.58 bits per heavy atom. The Morgan fingerprint density at radius 3 is 2.11 bits per heavy atom. The molecule has 2 rings (SSSR count). The minimum Gasteiger partial charge on any atom is -0.285 e. The molecule has 0 spiro atoms. The Bertz CT molecular complexity index is 711. The van der Waals surface area contributed by atoms with Gasteiger partial charge in [-0.1, -0.05) is 24.3 Å². The summed E-state index contributed by atoms with van der Waals surface area (Å²) in [7, 11) is 4.81. The summed E-state index contributed by atoms with van der Waals surface area (Å²) >= 11 is 0. The van der Waals surface area contributed by atoms with Crippen LogP contribution in [0.1, 0.15) is 15.9 Å². The summed E-state index contributed by atoms with van der Waals surface area (Å²) in [5, 5.41) is 8.49. The van der Waals surface area contributed by atoms with Gasteiger partial charge in [0.2, 0.25) is 11.2 Å². The van der Waals surface area contributed by atoms with Crippen molar-refractivity contribution in [3.63, 3.8) is 0 Å². The third-order valence-electron chi connectivity index (χ3n) is 2.04. The first-order valence-electron chi connectivity index (χ1n) is 4.63. The SMILES string of the molecule is N#[N+]C1=Cc2ccccc2C(=O)C1=O.O=S(=O)(Cl)Cl. The second-order valence-electron chi connectivity index (χ2n) is 3.25. The highest BCUT2D eigenvalue weighted by molar-refractivity contribution is 8.31. The molecule has 0 radical (unpaired) electrons. The number of carbonyl (C=O) groups excluding carboxylic acids is 2. The maximum Gasteiger partial charge on any atom is 0.436 e. The normalized spacial score (nSPS) is 13.6. The van der Waals surface area contributed by atoms with Crippen LogP contribution in [0.3, 0.4) is 0 Å². The second-order valence-corrected chi connectivity index (χ2v) is 6.92. The van der Waals surface area contributed by atoms with Gasteiger partial charge in [0.1, 0.15) is 0 Å². The molecule has 0 aliphatic heterocycles. The number of carbonyl (C=O) groups is 2. The topological polar surface area (TPSA) is 96.4 Å². The van der Waals surface area contributed by atoms with Gasteiger partial charge in [0.15, 0.2) is 4.98 Å². The van der Waals surface area contributed by atoms with Gasteiger partial charge >= 0.3 is 19.7 Å². The quantitative estimate of drug-likeness (QED) is 0.415. The summed E-state index contributed by atoms with van der Waals surface area (Å²) in [6.07, 6.45) is 1.39. The molecule has 0 heterocycles. The Labute approximate surface area is 117 Å². The smallest absolute Gasteiger partial charge is 0.285 e. The largest absolute Gasteiger partial charge is 0.436 e. The molecular formula is C10H5Cl2N2O4S+. The summed E-state index contributed by atoms with van der Waals surface area (Å²) in [6, 6.07) is 6.68. The Hall–Kier alpha value is -1.75. The molecule has 98 valence electrons. The number of allylic oxidation sites excluding steroid dienone is 1. The minimum absolute atomic E-state index is 0.214. The monoisotopic (exact) mass is 319 g/mol. The number of hydrogen-bond acceptors (Lipinski definition) is 5. The van der Waals surface area contributed by atoms with E-state index in [1.807, 2.05) is 0 Å². The van der Waals surface area contributed by atoms with E-state index in [1.165, 1.54) is 6.08 Å². The number of benzene rings is 1. The Balaban J connectivity index is 0.000000312. The van der Waals surface area contributed by atoms with E-state index in [2.05, 4.69) is 26.3 Å². The van der Waals surface area contributed by atoms with E-state index in [0.717, 1.165) is 0 Å². The zero-order valence-electron chi connectivity index (χ0n) is 9.08. The summed E-state index contributed by atoms with van der Waals surface area (Å²) in [5.74, 6) is -1.40. The van der Waals surface area contributed by atoms with Crippen LogP contribution in [-0.2, 0) is 13.1 Å². The maximum atomic E-state index is 11.4. The van der Waals surface area contributed by atoms with Crippen LogP contribution in [0.25, 0.3) is 11.1 Å². The average molecular weight is 320 g/mol. The predicted octanol–water partition coefficient (Wildman–Crippen LogP) is 2.35. The van der Waals surface area contributed by atoms with Gasteiger partial charge < -0.3 is 0 Å². The number of hydrogen-bond donors (Lipinski definition) is 0. The van der Waals surface area contributed by atoms with Crippen LogP contribution in [0.5, 0.6) is 0 Å². The molecule has 0 saturated carbocycles. The lowest BCUT2D eigenvalue weighted by Crippen LogP contribution is -2.19. The molecule has 1 aromatic rings. The highest BCUT2D eigenvalue weighted by atomic mass is 36.0. The Morgan fingerprint density at radius 1 is 1.05 bits per heavy atom. The molecule has 19 heavy (non-hydrogen) atoms. The standard InChI is InChI=1S/C10H5N2O2.Cl2O2S/c11-12-8-5-6-3-1-2-4-7(6)9(13)10(8)14;1-5(2,3)4/h1-5H;/q+1;. The van der Waals surface area contributed by atoms with Crippen molar-refractivity contribution >= 4 is 47.3 Å². The number of fused-ring (bicyclic) bond motifs is 1. The first kappa shape index (κ1) is 15.3. The van der Waals surface area contributed by atoms with Crippen LogP contribution >= 0.6 is 21.4 Å². The number of diazo groups is 1. The van der Waals surface area contributed by atoms with Gasteiger partial charge in [0.25, 0.3) is 0 Å². The molecule has 0 aromatic heterocycles. The van der Waals surface area contributed by atoms with E-state index < -0.39 is 19.8 Å². The summed E-state index contributed by atoms with van der Waals surface area (Å²) < 4.78 is 18.3. The third kappa shape index (κ3) is 4.44. The fourth-order valence-corrected chi connectivity index (χ4v) is 1.36. The van der Waals surface area contributed by atoms with Crippen molar-refractivity contribution in [2.24, 2.45) is 0 Å². The third-order valence-corrected chi connectivity index (χ3v) is 2.04. The fourth-order valence-electron chi connectivity index (χ4n) is 1.36. The van der Waals surface area contributed by atoms with Crippen molar-refractivity contribution in [3.8, 4) is 0 Å². The number of Topliss-reactive ketones (excluding diaryl/α,β-unsaturated/α-hetero) is 2. The van der Waals surface area contributed by atoms with E-state index in [0.29, 0.717) is 11.1 Å². The van der Waals surface area contributed by atoms with Crippen LogP contribution in [-0.4, -0.2) is 20.0 Å². The van der Waals surface area contributed by atoms with Crippen LogP contribution in [0, 0.1) is 5.39 Å². The van der Waals surface area contributed by atoms with Crippen molar-refractivity contribution in [3.05, 3.63) is 46.1 Å². The second kappa shape index (κ2) is 5.93. The van der Waals surface area contributed by atoms with E-state index in [1.54, 1.807) is 24.3 Å². The molecule has 1 aliphatic rings. The first-order chi connectivity index (χ1) is 8.74. The minimum atomic E-state index is -3.72. The van der Waals surface area contributed by atoms with Crippen LogP contribution < -0.4 is 0 Å². The van der Waals surface area contributed by atoms with Crippen LogP contribution in [0.15, 0.2) is 30.0 Å². The van der Waals surface area contributed by atoms with Crippen molar-refractivity contribution in [2.75, 3.05) is 0 Å². The van der Waals surface area contributed by atoms with E-state index in [-0.39, 0.29) is 5.70 Å². The molecule has 1 aromatic carbocycles. The van der Waals surface area contributed by atoms with Crippen molar-refractivity contribution in [2.45, 2.75) is 0 Å². The lowest BCUT2D eigenvalue weighted by molar-refractivity contribution is -0.111. The number of rotatable bonds is 0. The lowest BCUT2D eigenvalue weighted by atomic mass is 9.94. The van der Waals surface area contributed by atoms with Gasteiger partial charge in [-0.15, -0.1) is 0 Å². The fraction of sp³-hybridized carbons (Fsp3) is 0. The van der Waals surface area contributed by atoms with E-state index in [4.69, 9.17) is 13.8 Å². The molecule has 0 bridgehead atoms. The molecule has 6 nitrogen and oxygen atoms in total. The average Bonchev–Trinajstić information content (AvgIpc) is 2.32. The van der Waals surface area contributed by atoms with Gasteiger partial charge in [-0.05, 0) is 5.56 Å². The summed E-state index contributed by atoms with van der Waals surface area (Å²) in [5.41, 5.74) is 0.739. The maximum absolute atomic E-state index is 11.4. The molecule has 0 amide bonds. The Kier molecular flexibility index (Phi) is 4.78. The highest BCUT2D eigenvalue weighted by Gasteiger charge is 2.35. The molecule has 0 N–H and O–H groups in total. The van der Waals surface area contributed by atoms with Crippen molar-refractivity contribution in [1.82, 2.24) is 0 Å². The summed E-state index contributed by atoms with van der Waals surface area (Å²) in [6.45, 7) is 0. The molecule has 9 heteroatoms. The van der Waals surface area contributed by atoms with Crippen LogP contribution in [0.4, 0.5) is 0 Å². The van der Waals surface area contributed by atoms with Gasteiger partial charge in [-0.25, -0.2) is 0 Å². The van der Waals surface area contributed by atoms with E-state index >= 15 is 0 Å². The van der Waals surface area contributed by atoms with Crippen molar-refractivity contribution < 1.29 is 18.0 Å². The number of halogens is 2. The predicted molar refractivity (Wildman–Crippen MR) is 69.5 cm³/mol. The van der Waals surface area contributed by atoms with E-state index in [9.17, 15) is 9.59 Å². The molecule has 0 unspecified atom stereocenters. The molecule has 0 saturated heterocycles. The van der Waals surface area contributed by atoms with Crippen LogP contribution in [0.2, 0.25) is 0 Å². The van der Waals surface area contributed by atoms with Gasteiger partial charge in [-0.2, -0.15) is 8.42 Å². The summed E-state index contributed by atoms with van der Waals surface area (Å²) in [4.78, 5) is 25.4. The molecule has 0 fully saturated rings. The first-order valence-corrected chi connectivity index (χ1v) is 7.76. The van der Waals surface area contributed by atoms with Gasteiger partial charge in [0.05, 0.1) is 0 Å². The molecular weight excluding hydrogens is 315 g/mol. The zero-order chi connectivity index (χ0) is 14.6. The lowest BCUT2D eigenvalue weighted by Gasteiger charge is -2.04. The number of ketones is 2. The molecule has 0 atom stereocenters. The van der Waals surface area contributed by atoms with Gasteiger partial charge in [0, 0.05) is 33.0 Å². The van der Waals surface area contributed by atoms with Gasteiger partial charge in [-0.3, -0.25) is 9.59 Å².